The molecule has 4 nitrogen and oxygen atoms in total. The quantitative estimate of drug-likeness (QED) is 0.697. The number of anilines is 3. The maximum absolute atomic E-state index is 13.6. The van der Waals surface area contributed by atoms with E-state index in [4.69, 9.17) is 0 Å². The van der Waals surface area contributed by atoms with Crippen molar-refractivity contribution in [3.63, 3.8) is 0 Å². The second kappa shape index (κ2) is 8.99. The van der Waals surface area contributed by atoms with Gasteiger partial charge in [-0.15, -0.1) is 0 Å². The average molecular weight is 391 g/mol. The van der Waals surface area contributed by atoms with Crippen LogP contribution in [0.1, 0.15) is 26.2 Å². The highest BCUT2D eigenvalue weighted by molar-refractivity contribution is 5.91. The Hall–Kier alpha value is -2.70. The summed E-state index contributed by atoms with van der Waals surface area (Å²) in [7, 11) is 0. The lowest BCUT2D eigenvalue weighted by atomic mass is 9.99. The zero-order valence-electron chi connectivity index (χ0n) is 15.8. The van der Waals surface area contributed by atoms with Crippen molar-refractivity contribution in [1.82, 2.24) is 0 Å². The molecule has 0 aliphatic carbocycles. The second-order valence-electron chi connectivity index (χ2n) is 7.16. The van der Waals surface area contributed by atoms with Crippen LogP contribution in [0.4, 0.5) is 30.2 Å². The van der Waals surface area contributed by atoms with Crippen LogP contribution in [0.5, 0.6) is 0 Å². The fraction of sp³-hybridized carbons (Fsp3) is 0.381. The van der Waals surface area contributed by atoms with Gasteiger partial charge in [-0.1, -0.05) is 6.92 Å². The summed E-state index contributed by atoms with van der Waals surface area (Å²) in [5, 5.41) is 5.38. The minimum absolute atomic E-state index is 0.0597. The van der Waals surface area contributed by atoms with Gasteiger partial charge in [-0.2, -0.15) is 0 Å². The van der Waals surface area contributed by atoms with Crippen molar-refractivity contribution in [3.05, 3.63) is 53.8 Å². The maximum Gasteiger partial charge on any atom is 0.226 e. The molecule has 0 atom stereocenters. The molecule has 0 radical (unpaired) electrons. The minimum Gasteiger partial charge on any atom is -0.382 e. The number of carbonyl (C=O) groups is 1. The number of hydrogen-bond donors (Lipinski definition) is 2. The molecule has 1 amide bonds. The Morgan fingerprint density at radius 2 is 1.71 bits per heavy atom. The summed E-state index contributed by atoms with van der Waals surface area (Å²) in [6.45, 7) is 4.45. The van der Waals surface area contributed by atoms with Crippen LogP contribution in [0, 0.1) is 23.4 Å². The second-order valence-corrected chi connectivity index (χ2v) is 7.16. The molecule has 1 fully saturated rings. The lowest BCUT2D eigenvalue weighted by Gasteiger charge is -2.32. The Morgan fingerprint density at radius 3 is 2.39 bits per heavy atom. The SMILES string of the molecule is CC1CCN(c2ccc(NC(=O)CCNc3ccc(F)c(F)c3F)cc2)CC1. The molecule has 3 rings (SSSR count). The van der Waals surface area contributed by atoms with Crippen LogP contribution in [0.15, 0.2) is 36.4 Å². The van der Waals surface area contributed by atoms with Gasteiger partial charge < -0.3 is 15.5 Å². The van der Waals surface area contributed by atoms with Crippen molar-refractivity contribution in [2.24, 2.45) is 5.92 Å². The predicted molar refractivity (Wildman–Crippen MR) is 105 cm³/mol. The molecule has 0 spiro atoms. The number of nitrogens with one attached hydrogen (secondary N) is 2. The van der Waals surface area contributed by atoms with Gasteiger partial charge in [-0.25, -0.2) is 13.2 Å². The van der Waals surface area contributed by atoms with Gasteiger partial charge in [0.15, 0.2) is 17.5 Å². The van der Waals surface area contributed by atoms with E-state index in [1.807, 2.05) is 24.3 Å². The number of amides is 1. The van der Waals surface area contributed by atoms with Crippen molar-refractivity contribution in [3.8, 4) is 0 Å². The molecule has 0 bridgehead atoms. The van der Waals surface area contributed by atoms with Crippen LogP contribution in [0.25, 0.3) is 0 Å². The molecule has 1 saturated heterocycles. The van der Waals surface area contributed by atoms with Crippen molar-refractivity contribution >= 4 is 23.0 Å². The summed E-state index contributed by atoms with van der Waals surface area (Å²) in [6.07, 6.45) is 2.43. The highest BCUT2D eigenvalue weighted by atomic mass is 19.2. The Morgan fingerprint density at radius 1 is 1.04 bits per heavy atom. The van der Waals surface area contributed by atoms with Gasteiger partial charge in [-0.3, -0.25) is 4.79 Å². The number of piperidine rings is 1. The lowest BCUT2D eigenvalue weighted by molar-refractivity contribution is -0.115. The predicted octanol–water partition coefficient (Wildman–Crippen LogP) is 4.78. The van der Waals surface area contributed by atoms with E-state index >= 15 is 0 Å². The molecule has 0 saturated carbocycles. The van der Waals surface area contributed by atoms with E-state index in [0.717, 1.165) is 36.8 Å². The van der Waals surface area contributed by atoms with Crippen molar-refractivity contribution in [2.45, 2.75) is 26.2 Å². The summed E-state index contributed by atoms with van der Waals surface area (Å²) in [4.78, 5) is 14.4. The van der Waals surface area contributed by atoms with Gasteiger partial charge in [0.25, 0.3) is 0 Å². The molecule has 0 unspecified atom stereocenters. The highest BCUT2D eigenvalue weighted by Crippen LogP contribution is 2.24. The topological polar surface area (TPSA) is 44.4 Å². The van der Waals surface area contributed by atoms with Crippen LogP contribution in [0.2, 0.25) is 0 Å². The smallest absolute Gasteiger partial charge is 0.226 e. The molecule has 150 valence electrons. The third-order valence-corrected chi connectivity index (χ3v) is 5.00. The van der Waals surface area contributed by atoms with E-state index in [0.29, 0.717) is 5.69 Å². The number of halogens is 3. The molecule has 2 N–H and O–H groups in total. The zero-order valence-corrected chi connectivity index (χ0v) is 15.8. The van der Waals surface area contributed by atoms with Crippen LogP contribution in [0.3, 0.4) is 0 Å². The van der Waals surface area contributed by atoms with Crippen LogP contribution >= 0.6 is 0 Å². The molecule has 1 aliphatic heterocycles. The fourth-order valence-electron chi connectivity index (χ4n) is 3.22. The van der Waals surface area contributed by atoms with Crippen LogP contribution in [-0.2, 0) is 4.79 Å². The van der Waals surface area contributed by atoms with E-state index in [1.165, 1.54) is 12.8 Å². The maximum atomic E-state index is 13.6. The van der Waals surface area contributed by atoms with Gasteiger partial charge >= 0.3 is 0 Å². The van der Waals surface area contributed by atoms with E-state index in [2.05, 4.69) is 22.5 Å². The summed E-state index contributed by atoms with van der Waals surface area (Å²) < 4.78 is 39.6. The van der Waals surface area contributed by atoms with Gasteiger partial charge in [0.05, 0.1) is 5.69 Å². The summed E-state index contributed by atoms with van der Waals surface area (Å²) in [5.41, 5.74) is 1.64. The van der Waals surface area contributed by atoms with Crippen molar-refractivity contribution < 1.29 is 18.0 Å². The number of hydrogen-bond acceptors (Lipinski definition) is 3. The van der Waals surface area contributed by atoms with E-state index in [9.17, 15) is 18.0 Å². The third-order valence-electron chi connectivity index (χ3n) is 5.00. The largest absolute Gasteiger partial charge is 0.382 e. The van der Waals surface area contributed by atoms with E-state index in [-0.39, 0.29) is 24.6 Å². The summed E-state index contributed by atoms with van der Waals surface area (Å²) in [5.74, 6) is -3.55. The van der Waals surface area contributed by atoms with Crippen molar-refractivity contribution in [1.29, 1.82) is 0 Å². The average Bonchev–Trinajstić information content (AvgIpc) is 2.69. The minimum atomic E-state index is -1.53. The van der Waals surface area contributed by atoms with Crippen molar-refractivity contribution in [2.75, 3.05) is 35.2 Å². The van der Waals surface area contributed by atoms with Gasteiger partial charge in [0.2, 0.25) is 5.91 Å². The molecular weight excluding hydrogens is 367 g/mol. The first-order valence-electron chi connectivity index (χ1n) is 9.46. The normalized spacial score (nSPS) is 14.8. The summed E-state index contributed by atoms with van der Waals surface area (Å²) in [6, 6.07) is 9.62. The van der Waals surface area contributed by atoms with Crippen LogP contribution < -0.4 is 15.5 Å². The number of rotatable bonds is 6. The van der Waals surface area contributed by atoms with Crippen LogP contribution in [-0.4, -0.2) is 25.5 Å². The van der Waals surface area contributed by atoms with Gasteiger partial charge in [0, 0.05) is 37.4 Å². The zero-order chi connectivity index (χ0) is 20.1. The Labute approximate surface area is 162 Å². The number of benzene rings is 2. The van der Waals surface area contributed by atoms with E-state index in [1.54, 1.807) is 0 Å². The molecule has 2 aromatic carbocycles. The standard InChI is InChI=1S/C21H24F3N3O/c1-14-9-12-27(13-10-14)16-4-2-15(3-5-16)26-19(28)8-11-25-18-7-6-17(22)20(23)21(18)24/h2-7,14,25H,8-13H2,1H3,(H,26,28). The molecule has 0 aromatic heterocycles. The number of carbonyl (C=O) groups excluding carboxylic acids is 1. The Bertz CT molecular complexity index is 818. The lowest BCUT2D eigenvalue weighted by Crippen LogP contribution is -2.32. The highest BCUT2D eigenvalue weighted by Gasteiger charge is 2.16. The Balaban J connectivity index is 1.46. The molecule has 7 heteroatoms. The molecule has 28 heavy (non-hydrogen) atoms. The Kier molecular flexibility index (Phi) is 6.44. The summed E-state index contributed by atoms with van der Waals surface area (Å²) >= 11 is 0. The monoisotopic (exact) mass is 391 g/mol. The molecule has 1 heterocycles. The first-order valence-corrected chi connectivity index (χ1v) is 9.46. The first-order chi connectivity index (χ1) is 13.4. The molecular formula is C21H24F3N3O. The van der Waals surface area contributed by atoms with E-state index < -0.39 is 17.5 Å². The van der Waals surface area contributed by atoms with Gasteiger partial charge in [-0.05, 0) is 55.2 Å². The first kappa shape index (κ1) is 20.0. The molecule has 2 aromatic rings. The molecule has 1 aliphatic rings. The van der Waals surface area contributed by atoms with Gasteiger partial charge in [0.1, 0.15) is 0 Å². The fourth-order valence-corrected chi connectivity index (χ4v) is 3.22. The number of nitrogens with zero attached hydrogens (tertiary/aromatic N) is 1. The third kappa shape index (κ3) is 4.97.